The van der Waals surface area contributed by atoms with Gasteiger partial charge in [0.15, 0.2) is 0 Å². The maximum Gasteiger partial charge on any atom is 0.294 e. The van der Waals surface area contributed by atoms with Crippen molar-refractivity contribution in [2.75, 3.05) is 22.5 Å². The summed E-state index contributed by atoms with van der Waals surface area (Å²) in [7, 11) is 0. The number of nitrogens with one attached hydrogen (secondary N) is 1. The molecular formula is C14H18ClN5O2. The van der Waals surface area contributed by atoms with Gasteiger partial charge in [0.1, 0.15) is 5.69 Å². The van der Waals surface area contributed by atoms with E-state index in [1.807, 2.05) is 6.92 Å². The zero-order chi connectivity index (χ0) is 15.6. The maximum atomic E-state index is 11.1. The second-order valence-electron chi connectivity index (χ2n) is 4.79. The summed E-state index contributed by atoms with van der Waals surface area (Å²) >= 11 is 0. The molecule has 0 amide bonds. The van der Waals surface area contributed by atoms with Gasteiger partial charge in [-0.05, 0) is 42.8 Å². The number of nitrogen functional groups attached to an aromatic ring is 3. The van der Waals surface area contributed by atoms with Crippen molar-refractivity contribution in [3.63, 3.8) is 0 Å². The number of hydrogen-bond acceptors (Lipinski definition) is 6. The van der Waals surface area contributed by atoms with Crippen molar-refractivity contribution in [3.8, 4) is 0 Å². The first-order chi connectivity index (χ1) is 9.88. The molecule has 0 saturated carbocycles. The fourth-order valence-corrected chi connectivity index (χ4v) is 2.10. The molecule has 22 heavy (non-hydrogen) atoms. The average molecular weight is 324 g/mol. The highest BCUT2D eigenvalue weighted by molar-refractivity contribution is 5.85. The van der Waals surface area contributed by atoms with Crippen LogP contribution in [0.5, 0.6) is 0 Å². The molecule has 118 valence electrons. The standard InChI is InChI=1S/C14H17N5O2.ClH/c1-8(11-6-9(15)2-4-12(11)17)18-13-5-3-10(16)7-14(13)19(20)21;/h2-8,18H,15-17H2,1H3;1H. The van der Waals surface area contributed by atoms with Gasteiger partial charge in [0.25, 0.3) is 5.69 Å². The second-order valence-corrected chi connectivity index (χ2v) is 4.79. The highest BCUT2D eigenvalue weighted by Gasteiger charge is 2.17. The number of nitro groups is 1. The zero-order valence-electron chi connectivity index (χ0n) is 11.9. The molecule has 0 spiro atoms. The van der Waals surface area contributed by atoms with Gasteiger partial charge in [-0.15, -0.1) is 12.4 Å². The van der Waals surface area contributed by atoms with Crippen molar-refractivity contribution < 1.29 is 4.92 Å². The molecule has 0 radical (unpaired) electrons. The van der Waals surface area contributed by atoms with Crippen LogP contribution in [0.3, 0.4) is 0 Å². The van der Waals surface area contributed by atoms with Crippen molar-refractivity contribution in [1.82, 2.24) is 0 Å². The Morgan fingerprint density at radius 2 is 1.68 bits per heavy atom. The number of hydrogen-bond donors (Lipinski definition) is 4. The minimum absolute atomic E-state index is 0. The molecule has 0 saturated heterocycles. The summed E-state index contributed by atoms with van der Waals surface area (Å²) in [4.78, 5) is 10.6. The molecule has 0 heterocycles. The lowest BCUT2D eigenvalue weighted by molar-refractivity contribution is -0.383. The molecule has 7 nitrogen and oxygen atoms in total. The quantitative estimate of drug-likeness (QED) is 0.388. The Kier molecular flexibility index (Phi) is 5.42. The van der Waals surface area contributed by atoms with Crippen molar-refractivity contribution >= 4 is 40.8 Å². The van der Waals surface area contributed by atoms with E-state index in [0.717, 1.165) is 5.56 Å². The molecule has 7 N–H and O–H groups in total. The molecule has 0 fully saturated rings. The van der Waals surface area contributed by atoms with Crippen LogP contribution in [0.15, 0.2) is 36.4 Å². The van der Waals surface area contributed by atoms with E-state index in [1.165, 1.54) is 6.07 Å². The number of nitrogens with zero attached hydrogens (tertiary/aromatic N) is 1. The van der Waals surface area contributed by atoms with Crippen LogP contribution in [0.4, 0.5) is 28.4 Å². The van der Waals surface area contributed by atoms with E-state index in [4.69, 9.17) is 17.2 Å². The Morgan fingerprint density at radius 1 is 1.09 bits per heavy atom. The minimum Gasteiger partial charge on any atom is -0.399 e. The molecule has 0 aliphatic heterocycles. The topological polar surface area (TPSA) is 133 Å². The van der Waals surface area contributed by atoms with Crippen molar-refractivity contribution in [3.05, 3.63) is 52.1 Å². The number of halogens is 1. The summed E-state index contributed by atoms with van der Waals surface area (Å²) in [5, 5.41) is 14.1. The van der Waals surface area contributed by atoms with E-state index in [-0.39, 0.29) is 24.1 Å². The normalized spacial score (nSPS) is 11.3. The summed E-state index contributed by atoms with van der Waals surface area (Å²) in [6, 6.07) is 9.42. The van der Waals surface area contributed by atoms with Crippen LogP contribution in [0, 0.1) is 10.1 Å². The van der Waals surface area contributed by atoms with Crippen LogP contribution >= 0.6 is 12.4 Å². The monoisotopic (exact) mass is 323 g/mol. The predicted molar refractivity (Wildman–Crippen MR) is 92.1 cm³/mol. The maximum absolute atomic E-state index is 11.1. The lowest BCUT2D eigenvalue weighted by atomic mass is 10.0. The highest BCUT2D eigenvalue weighted by atomic mass is 35.5. The van der Waals surface area contributed by atoms with Gasteiger partial charge in [-0.1, -0.05) is 0 Å². The van der Waals surface area contributed by atoms with Crippen LogP contribution in [-0.2, 0) is 0 Å². The average Bonchev–Trinajstić information content (AvgIpc) is 2.43. The molecule has 2 aromatic carbocycles. The van der Waals surface area contributed by atoms with Crippen molar-refractivity contribution in [2.24, 2.45) is 0 Å². The molecule has 2 aromatic rings. The molecule has 0 aliphatic rings. The lowest BCUT2D eigenvalue weighted by Gasteiger charge is -2.18. The van der Waals surface area contributed by atoms with Gasteiger partial charge in [0, 0.05) is 23.1 Å². The fraction of sp³-hybridized carbons (Fsp3) is 0.143. The van der Waals surface area contributed by atoms with Gasteiger partial charge in [-0.2, -0.15) is 0 Å². The molecule has 0 aliphatic carbocycles. The Labute approximate surface area is 134 Å². The molecule has 1 unspecified atom stereocenters. The van der Waals surface area contributed by atoms with Crippen LogP contribution in [0.25, 0.3) is 0 Å². The highest BCUT2D eigenvalue weighted by Crippen LogP contribution is 2.32. The second kappa shape index (κ2) is 6.86. The molecule has 1 atom stereocenters. The number of benzene rings is 2. The summed E-state index contributed by atoms with van der Waals surface area (Å²) in [5.74, 6) is 0. The third kappa shape index (κ3) is 3.70. The molecule has 0 bridgehead atoms. The van der Waals surface area contributed by atoms with Gasteiger partial charge >= 0.3 is 0 Å². The van der Waals surface area contributed by atoms with Crippen LogP contribution < -0.4 is 22.5 Å². The summed E-state index contributed by atoms with van der Waals surface area (Å²) < 4.78 is 0. The SMILES string of the molecule is CC(Nc1ccc(N)cc1[N+](=O)[O-])c1cc(N)ccc1N.Cl. The number of anilines is 4. The minimum atomic E-state index is -0.478. The Morgan fingerprint density at radius 3 is 2.32 bits per heavy atom. The smallest absolute Gasteiger partial charge is 0.294 e. The number of nitrogens with two attached hydrogens (primary N) is 3. The van der Waals surface area contributed by atoms with Crippen molar-refractivity contribution in [1.29, 1.82) is 0 Å². The Bertz CT molecular complexity index is 693. The molecule has 8 heteroatoms. The summed E-state index contributed by atoms with van der Waals surface area (Å²) in [5.41, 5.74) is 19.8. The van der Waals surface area contributed by atoms with E-state index in [1.54, 1.807) is 30.3 Å². The number of rotatable bonds is 4. The first-order valence-electron chi connectivity index (χ1n) is 6.34. The van der Waals surface area contributed by atoms with Gasteiger partial charge in [0.2, 0.25) is 0 Å². The van der Waals surface area contributed by atoms with Crippen LogP contribution in [0.2, 0.25) is 0 Å². The van der Waals surface area contributed by atoms with Gasteiger partial charge in [-0.25, -0.2) is 0 Å². The molecular weight excluding hydrogens is 306 g/mol. The van der Waals surface area contributed by atoms with Gasteiger partial charge < -0.3 is 22.5 Å². The largest absolute Gasteiger partial charge is 0.399 e. The summed E-state index contributed by atoms with van der Waals surface area (Å²) in [6.07, 6.45) is 0. The van der Waals surface area contributed by atoms with E-state index < -0.39 is 4.92 Å². The van der Waals surface area contributed by atoms with Gasteiger partial charge in [-0.3, -0.25) is 10.1 Å². The Balaban J connectivity index is 0.00000242. The lowest BCUT2D eigenvalue weighted by Crippen LogP contribution is -2.11. The molecule has 2 rings (SSSR count). The van der Waals surface area contributed by atoms with E-state index in [9.17, 15) is 10.1 Å². The zero-order valence-corrected chi connectivity index (χ0v) is 12.8. The third-order valence-corrected chi connectivity index (χ3v) is 3.17. The number of nitro benzene ring substituents is 1. The van der Waals surface area contributed by atoms with Crippen molar-refractivity contribution in [2.45, 2.75) is 13.0 Å². The van der Waals surface area contributed by atoms with Crippen LogP contribution in [-0.4, -0.2) is 4.92 Å². The van der Waals surface area contributed by atoms with Gasteiger partial charge in [0.05, 0.1) is 11.0 Å². The van der Waals surface area contributed by atoms with Crippen LogP contribution in [0.1, 0.15) is 18.5 Å². The predicted octanol–water partition coefficient (Wildman–Crippen LogP) is 2.94. The van der Waals surface area contributed by atoms with E-state index in [0.29, 0.717) is 22.7 Å². The first-order valence-corrected chi connectivity index (χ1v) is 6.34. The summed E-state index contributed by atoms with van der Waals surface area (Å²) in [6.45, 7) is 1.85. The van der Waals surface area contributed by atoms with E-state index in [2.05, 4.69) is 5.32 Å². The molecule has 0 aromatic heterocycles. The first kappa shape index (κ1) is 17.4. The van der Waals surface area contributed by atoms with E-state index >= 15 is 0 Å². The third-order valence-electron chi connectivity index (χ3n) is 3.17. The fourth-order valence-electron chi connectivity index (χ4n) is 2.10. The Hall–Kier alpha value is -2.67.